The van der Waals surface area contributed by atoms with Crippen molar-refractivity contribution < 1.29 is 14.4 Å². The quantitative estimate of drug-likeness (QED) is 0.617. The highest BCUT2D eigenvalue weighted by atomic mass is 16.2. The second-order valence-corrected chi connectivity index (χ2v) is 8.62. The highest BCUT2D eigenvalue weighted by molar-refractivity contribution is 5.99. The highest BCUT2D eigenvalue weighted by Crippen LogP contribution is 2.24. The third kappa shape index (κ3) is 5.24. The van der Waals surface area contributed by atoms with E-state index in [0.29, 0.717) is 5.56 Å². The molecule has 0 bridgehead atoms. The second-order valence-electron chi connectivity index (χ2n) is 8.62. The van der Waals surface area contributed by atoms with E-state index in [1.54, 1.807) is 12.1 Å². The van der Waals surface area contributed by atoms with Crippen molar-refractivity contribution in [2.75, 3.05) is 0 Å². The van der Waals surface area contributed by atoms with E-state index in [1.165, 1.54) is 0 Å². The molecule has 1 heterocycles. The summed E-state index contributed by atoms with van der Waals surface area (Å²) in [6.45, 7) is 8.51. The molecule has 1 aromatic carbocycles. The number of amides is 3. The Labute approximate surface area is 183 Å². The normalized spacial score (nSPS) is 15.6. The number of benzene rings is 1. The number of carbonyl (C=O) groups excluding carboxylic acids is 3. The molecule has 0 spiro atoms. The summed E-state index contributed by atoms with van der Waals surface area (Å²) in [6.07, 6.45) is 4.99. The van der Waals surface area contributed by atoms with E-state index in [4.69, 9.17) is 0 Å². The van der Waals surface area contributed by atoms with E-state index in [1.807, 2.05) is 33.8 Å². The standard InChI is InChI=1S/C23H33N5O3/c1-5-28-15(4)24-18-13-17(11-12-19(18)28)22(30)26-27-23(31)20(14(2)3)25-21(29)16-9-7-6-8-10-16/h11-14,16,20H,5-10H2,1-4H3,(H,25,29)(H,26,30)(H,27,31)/t20-/m0/s1. The Morgan fingerprint density at radius 2 is 1.84 bits per heavy atom. The monoisotopic (exact) mass is 427 g/mol. The van der Waals surface area contributed by atoms with Crippen LogP contribution in [0, 0.1) is 18.8 Å². The Morgan fingerprint density at radius 3 is 2.48 bits per heavy atom. The van der Waals surface area contributed by atoms with E-state index < -0.39 is 17.9 Å². The zero-order valence-corrected chi connectivity index (χ0v) is 18.8. The lowest BCUT2D eigenvalue weighted by Gasteiger charge is -2.26. The van der Waals surface area contributed by atoms with Gasteiger partial charge in [0.2, 0.25) is 5.91 Å². The molecule has 0 unspecified atom stereocenters. The van der Waals surface area contributed by atoms with Crippen LogP contribution in [-0.2, 0) is 16.1 Å². The van der Waals surface area contributed by atoms with Crippen LogP contribution in [0.1, 0.15) is 69.1 Å². The third-order valence-electron chi connectivity index (χ3n) is 6.04. The van der Waals surface area contributed by atoms with Crippen molar-refractivity contribution in [3.63, 3.8) is 0 Å². The summed E-state index contributed by atoms with van der Waals surface area (Å²) in [5.41, 5.74) is 7.03. The molecule has 3 rings (SSSR count). The molecule has 31 heavy (non-hydrogen) atoms. The van der Waals surface area contributed by atoms with E-state index in [0.717, 1.165) is 55.5 Å². The van der Waals surface area contributed by atoms with E-state index in [9.17, 15) is 14.4 Å². The number of rotatable bonds is 6. The van der Waals surface area contributed by atoms with Crippen LogP contribution in [0.5, 0.6) is 0 Å². The van der Waals surface area contributed by atoms with Crippen LogP contribution in [0.15, 0.2) is 18.2 Å². The van der Waals surface area contributed by atoms with Gasteiger partial charge in [0.05, 0.1) is 11.0 Å². The average Bonchev–Trinajstić information content (AvgIpc) is 3.09. The number of nitrogens with one attached hydrogen (secondary N) is 3. The van der Waals surface area contributed by atoms with Crippen LogP contribution in [0.25, 0.3) is 11.0 Å². The van der Waals surface area contributed by atoms with Crippen LogP contribution >= 0.6 is 0 Å². The SMILES string of the molecule is CCn1c(C)nc2cc(C(=O)NNC(=O)[C@@H](NC(=O)C3CCCCC3)C(C)C)ccc21. The first-order valence-corrected chi connectivity index (χ1v) is 11.2. The maximum Gasteiger partial charge on any atom is 0.269 e. The van der Waals surface area contributed by atoms with Crippen LogP contribution in [-0.4, -0.2) is 33.3 Å². The smallest absolute Gasteiger partial charge is 0.269 e. The molecule has 1 aromatic heterocycles. The van der Waals surface area contributed by atoms with Crippen LogP contribution in [0.2, 0.25) is 0 Å². The summed E-state index contributed by atoms with van der Waals surface area (Å²) >= 11 is 0. The molecule has 1 saturated carbocycles. The minimum Gasteiger partial charge on any atom is -0.344 e. The lowest BCUT2D eigenvalue weighted by Crippen LogP contribution is -2.55. The number of hydrogen-bond acceptors (Lipinski definition) is 4. The van der Waals surface area contributed by atoms with Gasteiger partial charge in [-0.1, -0.05) is 33.1 Å². The van der Waals surface area contributed by atoms with Crippen LogP contribution in [0.3, 0.4) is 0 Å². The van der Waals surface area contributed by atoms with Gasteiger partial charge < -0.3 is 9.88 Å². The van der Waals surface area contributed by atoms with E-state index >= 15 is 0 Å². The Bertz CT molecular complexity index is 960. The number of hydrazine groups is 1. The minimum absolute atomic E-state index is 0.0319. The van der Waals surface area contributed by atoms with Crippen molar-refractivity contribution in [2.45, 2.75) is 72.4 Å². The first-order valence-electron chi connectivity index (χ1n) is 11.2. The highest BCUT2D eigenvalue weighted by Gasteiger charge is 2.29. The maximum absolute atomic E-state index is 12.7. The first-order chi connectivity index (χ1) is 14.8. The maximum atomic E-state index is 12.7. The Balaban J connectivity index is 1.61. The van der Waals surface area contributed by atoms with Crippen LogP contribution in [0.4, 0.5) is 0 Å². The van der Waals surface area contributed by atoms with Gasteiger partial charge in [0.15, 0.2) is 0 Å². The van der Waals surface area contributed by atoms with Crippen LogP contribution < -0.4 is 16.2 Å². The number of hydrogen-bond donors (Lipinski definition) is 3. The molecule has 3 amide bonds. The molecule has 1 fully saturated rings. The van der Waals surface area contributed by atoms with Gasteiger partial charge in [0.1, 0.15) is 11.9 Å². The van der Waals surface area contributed by atoms with Crippen molar-refractivity contribution in [1.29, 1.82) is 0 Å². The summed E-state index contributed by atoms with van der Waals surface area (Å²) in [5, 5.41) is 2.87. The molecule has 3 N–H and O–H groups in total. The lowest BCUT2D eigenvalue weighted by molar-refractivity contribution is -0.133. The topological polar surface area (TPSA) is 105 Å². The molecule has 0 saturated heterocycles. The largest absolute Gasteiger partial charge is 0.344 e. The van der Waals surface area contributed by atoms with Crippen molar-refractivity contribution in [2.24, 2.45) is 11.8 Å². The van der Waals surface area contributed by atoms with Gasteiger partial charge >= 0.3 is 0 Å². The fourth-order valence-electron chi connectivity index (χ4n) is 4.23. The Morgan fingerprint density at radius 1 is 1.13 bits per heavy atom. The molecule has 1 aliphatic carbocycles. The molecule has 2 aromatic rings. The van der Waals surface area contributed by atoms with Gasteiger partial charge in [-0.3, -0.25) is 25.2 Å². The molecule has 1 aliphatic rings. The predicted octanol–water partition coefficient (Wildman–Crippen LogP) is 2.85. The molecule has 1 atom stereocenters. The van der Waals surface area contributed by atoms with E-state index in [-0.39, 0.29) is 17.7 Å². The number of nitrogens with zero attached hydrogens (tertiary/aromatic N) is 2. The minimum atomic E-state index is -0.708. The van der Waals surface area contributed by atoms with Crippen molar-refractivity contribution in [3.8, 4) is 0 Å². The third-order valence-corrected chi connectivity index (χ3v) is 6.04. The fourth-order valence-corrected chi connectivity index (χ4v) is 4.23. The zero-order chi connectivity index (χ0) is 22.5. The summed E-state index contributed by atoms with van der Waals surface area (Å²) in [7, 11) is 0. The summed E-state index contributed by atoms with van der Waals surface area (Å²) < 4.78 is 2.07. The second kappa shape index (κ2) is 9.94. The van der Waals surface area contributed by atoms with E-state index in [2.05, 4.69) is 25.7 Å². The van der Waals surface area contributed by atoms with Crippen molar-refractivity contribution in [1.82, 2.24) is 25.7 Å². The fraction of sp³-hybridized carbons (Fsp3) is 0.565. The zero-order valence-electron chi connectivity index (χ0n) is 18.8. The summed E-state index contributed by atoms with van der Waals surface area (Å²) in [5.74, 6) is -0.193. The van der Waals surface area contributed by atoms with Crippen molar-refractivity contribution >= 4 is 28.8 Å². The van der Waals surface area contributed by atoms with Gasteiger partial charge in [0, 0.05) is 18.0 Å². The number of fused-ring (bicyclic) bond motifs is 1. The van der Waals surface area contributed by atoms with Gasteiger partial charge in [0.25, 0.3) is 11.8 Å². The van der Waals surface area contributed by atoms with Gasteiger partial charge in [-0.05, 0) is 50.8 Å². The average molecular weight is 428 g/mol. The first kappa shape index (κ1) is 22.8. The summed E-state index contributed by atoms with van der Waals surface area (Å²) in [4.78, 5) is 42.3. The number of imidazole rings is 1. The summed E-state index contributed by atoms with van der Waals surface area (Å²) in [6, 6.07) is 4.57. The van der Waals surface area contributed by atoms with Crippen molar-refractivity contribution in [3.05, 3.63) is 29.6 Å². The number of aryl methyl sites for hydroxylation is 2. The lowest BCUT2D eigenvalue weighted by atomic mass is 9.88. The molecule has 8 heteroatoms. The number of aromatic nitrogens is 2. The van der Waals surface area contributed by atoms with Gasteiger partial charge in [-0.25, -0.2) is 4.98 Å². The van der Waals surface area contributed by atoms with Gasteiger partial charge in [-0.2, -0.15) is 0 Å². The molecule has 168 valence electrons. The molecule has 0 aliphatic heterocycles. The molecular formula is C23H33N5O3. The molecule has 8 nitrogen and oxygen atoms in total. The molecular weight excluding hydrogens is 394 g/mol. The molecule has 0 radical (unpaired) electrons. The predicted molar refractivity (Wildman–Crippen MR) is 119 cm³/mol. The number of carbonyl (C=O) groups is 3. The Hall–Kier alpha value is -2.90. The Kier molecular flexibility index (Phi) is 7.30. The van der Waals surface area contributed by atoms with Gasteiger partial charge in [-0.15, -0.1) is 0 Å².